The summed E-state index contributed by atoms with van der Waals surface area (Å²) in [7, 11) is -3.89. The van der Waals surface area contributed by atoms with E-state index in [0.29, 0.717) is 22.4 Å². The molecule has 1 aliphatic rings. The fourth-order valence-corrected chi connectivity index (χ4v) is 3.61. The summed E-state index contributed by atoms with van der Waals surface area (Å²) < 4.78 is 63.1. The lowest BCUT2D eigenvalue weighted by Gasteiger charge is -2.22. The Morgan fingerprint density at radius 3 is 2.12 bits per heavy atom. The maximum atomic E-state index is 13.6. The molecule has 3 rings (SSSR count). The predicted octanol–water partition coefficient (Wildman–Crippen LogP) is 3.50. The van der Waals surface area contributed by atoms with Crippen molar-refractivity contribution in [2.45, 2.75) is 17.7 Å². The van der Waals surface area contributed by atoms with Gasteiger partial charge in [-0.2, -0.15) is 0 Å². The molecule has 0 atom stereocenters. The van der Waals surface area contributed by atoms with Crippen molar-refractivity contribution in [2.75, 3.05) is 13.3 Å². The molecule has 8 heteroatoms. The number of benzene rings is 1. The molecule has 0 amide bonds. The van der Waals surface area contributed by atoms with E-state index in [1.54, 1.807) is 12.1 Å². The van der Waals surface area contributed by atoms with Crippen LogP contribution in [-0.2, 0) is 10.0 Å². The van der Waals surface area contributed by atoms with E-state index >= 15 is 0 Å². The molecule has 0 unspecified atom stereocenters. The highest BCUT2D eigenvalue weighted by Gasteiger charge is 2.40. The first kappa shape index (κ1) is 18.6. The predicted molar refractivity (Wildman–Crippen MR) is 92.4 cm³/mol. The zero-order chi connectivity index (χ0) is 18.9. The van der Waals surface area contributed by atoms with Gasteiger partial charge in [0.05, 0.1) is 19.0 Å². The number of halogens is 3. The van der Waals surface area contributed by atoms with Crippen molar-refractivity contribution in [1.82, 2.24) is 4.98 Å². The number of allylic oxidation sites excluding steroid dienone is 2. The van der Waals surface area contributed by atoms with E-state index in [1.807, 2.05) is 0 Å². The molecule has 2 N–H and O–H groups in total. The molecule has 1 aromatic carbocycles. The van der Waals surface area contributed by atoms with E-state index < -0.39 is 34.6 Å². The molecule has 0 saturated carbocycles. The lowest BCUT2D eigenvalue weighted by atomic mass is 9.86. The number of pyridine rings is 1. The number of hydrogen-bond acceptors (Lipinski definition) is 3. The molecule has 1 aliphatic carbocycles. The van der Waals surface area contributed by atoms with Crippen molar-refractivity contribution >= 4 is 21.2 Å². The van der Waals surface area contributed by atoms with Crippen LogP contribution in [0.1, 0.15) is 24.1 Å². The molecule has 26 heavy (non-hydrogen) atoms. The largest absolute Gasteiger partial charge is 0.255 e. The fourth-order valence-electron chi connectivity index (χ4n) is 3.15. The maximum Gasteiger partial charge on any atom is 0.239 e. The second kappa shape index (κ2) is 6.85. The third kappa shape index (κ3) is 3.52. The molecule has 1 heterocycles. The molecule has 4 nitrogen and oxygen atoms in total. The summed E-state index contributed by atoms with van der Waals surface area (Å²) in [5.41, 5.74) is 1.19. The average molecular weight is 382 g/mol. The number of rotatable bonds is 5. The Balaban J connectivity index is 2.09. The molecule has 0 aliphatic heterocycles. The Bertz CT molecular complexity index is 935. The van der Waals surface area contributed by atoms with E-state index in [-0.39, 0.29) is 17.7 Å². The summed E-state index contributed by atoms with van der Waals surface area (Å²) in [6.07, 6.45) is 1.39. The zero-order valence-electron chi connectivity index (χ0n) is 13.8. The van der Waals surface area contributed by atoms with Gasteiger partial charge in [0.1, 0.15) is 10.7 Å². The minimum Gasteiger partial charge on any atom is -0.255 e. The summed E-state index contributed by atoms with van der Waals surface area (Å²) in [6.45, 7) is -1.68. The van der Waals surface area contributed by atoms with Crippen LogP contribution in [0.4, 0.5) is 13.2 Å². The fraction of sp³-hybridized carbons (Fsp3) is 0.278. The Kier molecular flexibility index (Phi) is 4.90. The number of hydrogen-bond donors (Lipinski definition) is 1. The molecule has 138 valence electrons. The van der Waals surface area contributed by atoms with Crippen LogP contribution in [0.15, 0.2) is 47.5 Å². The standard InChI is InChI=1S/C18H17F3N2O2S/c19-10-18(11-20)7-15(12-1-3-13(21)4-2-12)16(8-18)17-6-5-14(9-23-17)26(22,24)25/h1-6,9H,7-8,10-11H2,(H2,22,24,25). The third-order valence-electron chi connectivity index (χ3n) is 4.60. The lowest BCUT2D eigenvalue weighted by molar-refractivity contribution is 0.170. The Morgan fingerprint density at radius 1 is 1.00 bits per heavy atom. The normalized spacial score (nSPS) is 16.9. The van der Waals surface area contributed by atoms with Crippen LogP contribution in [0.3, 0.4) is 0 Å². The van der Waals surface area contributed by atoms with Gasteiger partial charge >= 0.3 is 0 Å². The van der Waals surface area contributed by atoms with Crippen LogP contribution in [0, 0.1) is 11.2 Å². The quantitative estimate of drug-likeness (QED) is 0.860. The van der Waals surface area contributed by atoms with Gasteiger partial charge in [-0.1, -0.05) is 12.1 Å². The van der Waals surface area contributed by atoms with Crippen LogP contribution in [0.5, 0.6) is 0 Å². The van der Waals surface area contributed by atoms with E-state index in [1.165, 1.54) is 24.3 Å². The van der Waals surface area contributed by atoms with Crippen LogP contribution >= 0.6 is 0 Å². The Hall–Kier alpha value is -2.19. The number of nitrogens with zero attached hydrogens (tertiary/aromatic N) is 1. The van der Waals surface area contributed by atoms with Gasteiger partial charge < -0.3 is 0 Å². The lowest BCUT2D eigenvalue weighted by Crippen LogP contribution is -2.22. The molecule has 1 aromatic heterocycles. The molecular weight excluding hydrogens is 365 g/mol. The second-order valence-corrected chi connectivity index (χ2v) is 8.07. The van der Waals surface area contributed by atoms with Crippen LogP contribution < -0.4 is 5.14 Å². The minimum atomic E-state index is -3.89. The molecule has 2 aromatic rings. The number of primary sulfonamides is 1. The van der Waals surface area contributed by atoms with Gasteiger partial charge in [0.25, 0.3) is 0 Å². The van der Waals surface area contributed by atoms with Gasteiger partial charge in [0, 0.05) is 11.6 Å². The summed E-state index contributed by atoms with van der Waals surface area (Å²) in [5.74, 6) is -0.410. The minimum absolute atomic E-state index is 0.119. The highest BCUT2D eigenvalue weighted by Crippen LogP contribution is 2.50. The Labute approximate surface area is 149 Å². The Morgan fingerprint density at radius 2 is 1.62 bits per heavy atom. The highest BCUT2D eigenvalue weighted by atomic mass is 32.2. The molecule has 0 fully saturated rings. The first-order chi connectivity index (χ1) is 12.3. The second-order valence-electron chi connectivity index (χ2n) is 6.51. The smallest absolute Gasteiger partial charge is 0.239 e. The van der Waals surface area contributed by atoms with Gasteiger partial charge in [-0.3, -0.25) is 13.8 Å². The first-order valence-corrected chi connectivity index (χ1v) is 9.42. The third-order valence-corrected chi connectivity index (χ3v) is 5.50. The number of aromatic nitrogens is 1. The average Bonchev–Trinajstić information content (AvgIpc) is 3.02. The van der Waals surface area contributed by atoms with Crippen LogP contribution in [0.2, 0.25) is 0 Å². The maximum absolute atomic E-state index is 13.6. The highest BCUT2D eigenvalue weighted by molar-refractivity contribution is 7.89. The number of nitrogens with two attached hydrogens (primary N) is 1. The van der Waals surface area contributed by atoms with Crippen molar-refractivity contribution in [2.24, 2.45) is 10.6 Å². The van der Waals surface area contributed by atoms with Gasteiger partial charge in [-0.25, -0.2) is 17.9 Å². The van der Waals surface area contributed by atoms with E-state index in [4.69, 9.17) is 5.14 Å². The zero-order valence-corrected chi connectivity index (χ0v) is 14.6. The molecule has 0 saturated heterocycles. The summed E-state index contributed by atoms with van der Waals surface area (Å²) in [5, 5.41) is 5.06. The van der Waals surface area contributed by atoms with E-state index in [0.717, 1.165) is 6.20 Å². The van der Waals surface area contributed by atoms with E-state index in [9.17, 15) is 21.6 Å². The van der Waals surface area contributed by atoms with Gasteiger partial charge in [-0.15, -0.1) is 0 Å². The molecular formula is C18H17F3N2O2S. The molecule has 0 bridgehead atoms. The molecule has 0 radical (unpaired) electrons. The number of alkyl halides is 2. The van der Waals surface area contributed by atoms with Gasteiger partial charge in [0.15, 0.2) is 0 Å². The summed E-state index contributed by atoms with van der Waals surface area (Å²) in [4.78, 5) is 3.97. The van der Waals surface area contributed by atoms with Crippen molar-refractivity contribution in [1.29, 1.82) is 0 Å². The topological polar surface area (TPSA) is 73.1 Å². The molecule has 0 spiro atoms. The SMILES string of the molecule is NS(=O)(=O)c1ccc(C2=C(c3ccc(F)cc3)CC(CF)(CF)C2)nc1. The van der Waals surface area contributed by atoms with Gasteiger partial charge in [0.2, 0.25) is 10.0 Å². The van der Waals surface area contributed by atoms with Crippen LogP contribution in [-0.4, -0.2) is 26.8 Å². The van der Waals surface area contributed by atoms with Crippen LogP contribution in [0.25, 0.3) is 11.1 Å². The van der Waals surface area contributed by atoms with Crippen molar-refractivity contribution < 1.29 is 21.6 Å². The van der Waals surface area contributed by atoms with Gasteiger partial charge in [-0.05, 0) is 53.8 Å². The first-order valence-electron chi connectivity index (χ1n) is 7.87. The monoisotopic (exact) mass is 382 g/mol. The van der Waals surface area contributed by atoms with Crippen molar-refractivity contribution in [3.05, 3.63) is 59.7 Å². The number of sulfonamides is 1. The van der Waals surface area contributed by atoms with Crippen molar-refractivity contribution in [3.63, 3.8) is 0 Å². The van der Waals surface area contributed by atoms with E-state index in [2.05, 4.69) is 4.98 Å². The summed E-state index contributed by atoms with van der Waals surface area (Å²) >= 11 is 0. The van der Waals surface area contributed by atoms with Crippen molar-refractivity contribution in [3.8, 4) is 0 Å². The summed E-state index contributed by atoms with van der Waals surface area (Å²) in [6, 6.07) is 8.43.